The van der Waals surface area contributed by atoms with Gasteiger partial charge in [-0.25, -0.2) is 19.2 Å². The number of hydrogen-bond donors (Lipinski definition) is 0. The van der Waals surface area contributed by atoms with E-state index in [2.05, 4.69) is 19.8 Å². The lowest BCUT2D eigenvalue weighted by Crippen LogP contribution is -2.52. The first-order valence-corrected chi connectivity index (χ1v) is 11.5. The molecule has 0 radical (unpaired) electrons. The maximum Gasteiger partial charge on any atom is 0.323 e. The summed E-state index contributed by atoms with van der Waals surface area (Å²) in [6, 6.07) is 7.27. The van der Waals surface area contributed by atoms with Crippen molar-refractivity contribution in [3.63, 3.8) is 0 Å². The molecule has 170 valence electrons. The number of likely N-dealkylation sites (tertiary alicyclic amines) is 1. The van der Waals surface area contributed by atoms with Crippen LogP contribution in [0.15, 0.2) is 36.7 Å². The fraction of sp³-hybridized carbons (Fsp3) is 0.542. The van der Waals surface area contributed by atoms with Gasteiger partial charge in [0.1, 0.15) is 5.82 Å². The molecule has 8 heteroatoms. The summed E-state index contributed by atoms with van der Waals surface area (Å²) in [4.78, 5) is 29.9. The summed E-state index contributed by atoms with van der Waals surface area (Å²) in [5, 5.41) is 0. The van der Waals surface area contributed by atoms with E-state index in [0.717, 1.165) is 69.1 Å². The van der Waals surface area contributed by atoms with E-state index in [9.17, 15) is 9.18 Å². The second kappa shape index (κ2) is 8.31. The van der Waals surface area contributed by atoms with Crippen molar-refractivity contribution in [3.05, 3.63) is 48.0 Å². The average molecular weight is 439 g/mol. The minimum Gasteiger partial charge on any atom is -0.341 e. The Hall–Kier alpha value is -2.74. The fourth-order valence-corrected chi connectivity index (χ4v) is 5.68. The molecule has 0 saturated carbocycles. The Kier molecular flexibility index (Phi) is 5.49. The second-order valence-corrected chi connectivity index (χ2v) is 9.51. The van der Waals surface area contributed by atoms with Crippen LogP contribution in [0, 0.1) is 5.82 Å². The Bertz CT molecular complexity index is 968. The molecule has 0 aliphatic carbocycles. The molecule has 1 aromatic carbocycles. The van der Waals surface area contributed by atoms with Crippen molar-refractivity contribution in [3.8, 4) is 0 Å². The van der Waals surface area contributed by atoms with Crippen LogP contribution in [0.3, 0.4) is 0 Å². The molecule has 0 N–H and O–H groups in total. The highest BCUT2D eigenvalue weighted by Crippen LogP contribution is 2.48. The van der Waals surface area contributed by atoms with Gasteiger partial charge in [-0.3, -0.25) is 4.90 Å². The molecule has 1 spiro atoms. The van der Waals surface area contributed by atoms with Gasteiger partial charge in [-0.15, -0.1) is 0 Å². The van der Waals surface area contributed by atoms with Crippen molar-refractivity contribution in [2.75, 3.05) is 56.6 Å². The van der Waals surface area contributed by atoms with Crippen LogP contribution >= 0.6 is 0 Å². The van der Waals surface area contributed by atoms with Crippen molar-refractivity contribution in [1.29, 1.82) is 0 Å². The number of piperidine rings is 2. The molecule has 4 heterocycles. The molecule has 2 saturated heterocycles. The first-order valence-electron chi connectivity index (χ1n) is 11.5. The van der Waals surface area contributed by atoms with E-state index in [1.807, 2.05) is 11.0 Å². The topological polar surface area (TPSA) is 55.8 Å². The van der Waals surface area contributed by atoms with Crippen molar-refractivity contribution in [2.45, 2.75) is 37.1 Å². The van der Waals surface area contributed by atoms with Crippen LogP contribution in [0.4, 0.5) is 20.8 Å². The number of carbonyl (C=O) groups is 1. The summed E-state index contributed by atoms with van der Waals surface area (Å²) >= 11 is 0. The molecule has 2 fully saturated rings. The van der Waals surface area contributed by atoms with E-state index in [0.29, 0.717) is 12.6 Å². The molecule has 3 aliphatic rings. The molecule has 2 amide bonds. The fourth-order valence-electron chi connectivity index (χ4n) is 5.68. The van der Waals surface area contributed by atoms with Gasteiger partial charge in [-0.2, -0.15) is 0 Å². The quantitative estimate of drug-likeness (QED) is 0.721. The second-order valence-electron chi connectivity index (χ2n) is 9.51. The first-order chi connectivity index (χ1) is 15.5. The molecule has 3 aliphatic heterocycles. The summed E-state index contributed by atoms with van der Waals surface area (Å²) in [6.07, 6.45) is 7.69. The van der Waals surface area contributed by atoms with Gasteiger partial charge in [0.05, 0.1) is 0 Å². The number of hydrogen-bond acceptors (Lipinski definition) is 5. The molecule has 0 bridgehead atoms. The van der Waals surface area contributed by atoms with Crippen LogP contribution in [0.1, 0.15) is 31.2 Å². The number of aromatic nitrogens is 2. The van der Waals surface area contributed by atoms with E-state index in [1.165, 1.54) is 6.07 Å². The number of rotatable bonds is 2. The highest BCUT2D eigenvalue weighted by atomic mass is 19.1. The van der Waals surface area contributed by atoms with E-state index in [4.69, 9.17) is 0 Å². The molecule has 5 rings (SSSR count). The average Bonchev–Trinajstić information content (AvgIpc) is 3.13. The van der Waals surface area contributed by atoms with Crippen molar-refractivity contribution in [1.82, 2.24) is 19.8 Å². The summed E-state index contributed by atoms with van der Waals surface area (Å²) in [5.74, 6) is 0.596. The first kappa shape index (κ1) is 21.1. The van der Waals surface area contributed by atoms with Gasteiger partial charge in [0.25, 0.3) is 0 Å². The van der Waals surface area contributed by atoms with Gasteiger partial charge in [0, 0.05) is 63.3 Å². The van der Waals surface area contributed by atoms with Gasteiger partial charge in [-0.1, -0.05) is 0 Å². The Balaban J connectivity index is 1.26. The smallest absolute Gasteiger partial charge is 0.323 e. The van der Waals surface area contributed by atoms with Crippen LogP contribution in [0.5, 0.6) is 0 Å². The largest absolute Gasteiger partial charge is 0.341 e. The van der Waals surface area contributed by atoms with E-state index >= 15 is 0 Å². The maximum absolute atomic E-state index is 14.2. The molecule has 7 nitrogen and oxygen atoms in total. The molecular formula is C24H31FN6O. The van der Waals surface area contributed by atoms with Gasteiger partial charge >= 0.3 is 6.03 Å². The van der Waals surface area contributed by atoms with Gasteiger partial charge in [-0.05, 0) is 68.6 Å². The lowest BCUT2D eigenvalue weighted by molar-refractivity contribution is 0.104. The van der Waals surface area contributed by atoms with E-state index in [-0.39, 0.29) is 17.3 Å². The Morgan fingerprint density at radius 1 is 1.09 bits per heavy atom. The van der Waals surface area contributed by atoms with Crippen molar-refractivity contribution in [2.24, 2.45) is 0 Å². The standard InChI is InChI=1S/C24H31FN6O/c1-28(2)23(32)31-17-24(20-16-18(25)4-5-21(20)31)8-14-29(15-9-24)19-6-12-30(13-7-19)22-26-10-3-11-27-22/h3-5,10-11,16,19H,6-9,12-15,17H2,1-2H3. The van der Waals surface area contributed by atoms with Crippen LogP contribution in [0.25, 0.3) is 0 Å². The Morgan fingerprint density at radius 2 is 1.78 bits per heavy atom. The predicted molar refractivity (Wildman–Crippen MR) is 123 cm³/mol. The highest BCUT2D eigenvalue weighted by molar-refractivity contribution is 5.95. The zero-order valence-electron chi connectivity index (χ0n) is 18.9. The molecule has 0 atom stereocenters. The Labute approximate surface area is 188 Å². The lowest BCUT2D eigenvalue weighted by atomic mass is 9.74. The normalized spacial score (nSPS) is 21.1. The SMILES string of the molecule is CN(C)C(=O)N1CC2(CCN(C3CCN(c4ncccn4)CC3)CC2)c2cc(F)ccc21. The number of anilines is 2. The third-order valence-corrected chi connectivity index (χ3v) is 7.47. The van der Waals surface area contributed by atoms with Gasteiger partial charge in [0.15, 0.2) is 0 Å². The number of urea groups is 1. The van der Waals surface area contributed by atoms with Gasteiger partial charge < -0.3 is 14.7 Å². The maximum atomic E-state index is 14.2. The minimum atomic E-state index is -0.222. The molecular weight excluding hydrogens is 407 g/mol. The molecule has 0 unspecified atom stereocenters. The number of benzene rings is 1. The van der Waals surface area contributed by atoms with Crippen LogP contribution < -0.4 is 9.80 Å². The van der Waals surface area contributed by atoms with Gasteiger partial charge in [0.2, 0.25) is 5.95 Å². The van der Waals surface area contributed by atoms with Crippen molar-refractivity contribution < 1.29 is 9.18 Å². The summed E-state index contributed by atoms with van der Waals surface area (Å²) in [5.41, 5.74) is 1.72. The molecule has 32 heavy (non-hydrogen) atoms. The van der Waals surface area contributed by atoms with Crippen molar-refractivity contribution >= 4 is 17.7 Å². The third kappa shape index (κ3) is 3.70. The van der Waals surface area contributed by atoms with E-state index < -0.39 is 0 Å². The number of amides is 2. The predicted octanol–water partition coefficient (Wildman–Crippen LogP) is 3.12. The number of fused-ring (bicyclic) bond motifs is 2. The van der Waals surface area contributed by atoms with Crippen LogP contribution in [-0.2, 0) is 5.41 Å². The monoisotopic (exact) mass is 438 g/mol. The molecule has 1 aromatic heterocycles. The number of nitrogens with zero attached hydrogens (tertiary/aromatic N) is 6. The van der Waals surface area contributed by atoms with Crippen LogP contribution in [-0.4, -0.2) is 78.7 Å². The zero-order chi connectivity index (χ0) is 22.3. The zero-order valence-corrected chi connectivity index (χ0v) is 18.9. The minimum absolute atomic E-state index is 0.0346. The number of halogens is 1. The Morgan fingerprint density at radius 3 is 2.44 bits per heavy atom. The molecule has 2 aromatic rings. The van der Waals surface area contributed by atoms with E-state index in [1.54, 1.807) is 43.5 Å². The number of carbonyl (C=O) groups excluding carboxylic acids is 1. The van der Waals surface area contributed by atoms with Crippen LogP contribution in [0.2, 0.25) is 0 Å². The lowest BCUT2D eigenvalue weighted by Gasteiger charge is -2.45. The summed E-state index contributed by atoms with van der Waals surface area (Å²) in [6.45, 7) is 4.53. The summed E-state index contributed by atoms with van der Waals surface area (Å²) < 4.78 is 14.2. The third-order valence-electron chi connectivity index (χ3n) is 7.47. The summed E-state index contributed by atoms with van der Waals surface area (Å²) in [7, 11) is 3.54. The highest BCUT2D eigenvalue weighted by Gasteiger charge is 2.47.